The molecule has 0 aromatic carbocycles. The second kappa shape index (κ2) is 40.1. The van der Waals surface area contributed by atoms with Crippen LogP contribution in [0.15, 0.2) is 20.5 Å². The number of rotatable bonds is 20. The van der Waals surface area contributed by atoms with Crippen LogP contribution in [0.3, 0.4) is 0 Å². The van der Waals surface area contributed by atoms with Crippen molar-refractivity contribution >= 4 is 40.3 Å². The minimum Gasteiger partial charge on any atom is -0.328 e. The van der Waals surface area contributed by atoms with Gasteiger partial charge in [0.25, 0.3) is 29.7 Å². The first-order valence-electron chi connectivity index (χ1n) is 38.0. The first-order chi connectivity index (χ1) is 43.4. The van der Waals surface area contributed by atoms with Crippen molar-refractivity contribution in [1.82, 2.24) is 23.6 Å². The van der Waals surface area contributed by atoms with E-state index >= 15 is 0 Å². The van der Waals surface area contributed by atoms with E-state index in [9.17, 15) is 25.3 Å². The van der Waals surface area contributed by atoms with Crippen molar-refractivity contribution in [3.05, 3.63) is 0 Å². The summed E-state index contributed by atoms with van der Waals surface area (Å²) < 4.78 is 85.2. The third kappa shape index (κ3) is 30.2. The van der Waals surface area contributed by atoms with Gasteiger partial charge in [-0.25, -0.2) is 0 Å². The van der Waals surface area contributed by atoms with Gasteiger partial charge in [-0.05, 0) is 273 Å². The molecule has 90 heavy (non-hydrogen) atoms. The van der Waals surface area contributed by atoms with Crippen molar-refractivity contribution in [1.29, 1.82) is 0 Å². The Bertz CT molecular complexity index is 2200. The lowest BCUT2D eigenvalue weighted by molar-refractivity contribution is 0.217. The Kier molecular flexibility index (Phi) is 33.3. The van der Waals surface area contributed by atoms with Gasteiger partial charge in [-0.1, -0.05) is 96.3 Å². The van der Waals surface area contributed by atoms with Gasteiger partial charge in [-0.15, -0.1) is 0 Å². The highest BCUT2D eigenvalue weighted by Gasteiger charge is 2.33. The van der Waals surface area contributed by atoms with E-state index in [1.807, 2.05) is 0 Å². The summed E-state index contributed by atoms with van der Waals surface area (Å²) in [7, 11) is -5.31. The molecule has 11 aliphatic carbocycles. The average Bonchev–Trinajstić information content (AvgIpc) is 3.34. The molecule has 11 saturated carbocycles. The van der Waals surface area contributed by atoms with Crippen molar-refractivity contribution in [3.8, 4) is 0 Å². The van der Waals surface area contributed by atoms with Crippen molar-refractivity contribution in [2.24, 2.45) is 67.4 Å². The Labute approximate surface area is 553 Å². The van der Waals surface area contributed by atoms with E-state index < -0.39 is 29.7 Å². The number of hydrogen-bond acceptors (Lipinski definition) is 12. The number of nitrogens with two attached hydrogens (primary N) is 2. The smallest absolute Gasteiger partial charge is 0.297 e. The summed E-state index contributed by atoms with van der Waals surface area (Å²) in [6, 6.07) is 3.53. The molecule has 0 atom stereocenters. The van der Waals surface area contributed by atoms with Crippen LogP contribution in [-0.2, 0) is 29.7 Å². The summed E-state index contributed by atoms with van der Waals surface area (Å²) in [5.74, 6) is 5.16. The molecule has 0 aromatic heterocycles. The minimum absolute atomic E-state index is 0.0501. The second-order valence-corrected chi connectivity index (χ2v) is 36.4. The third-order valence-corrected chi connectivity index (χ3v) is 26.9. The zero-order valence-corrected chi connectivity index (χ0v) is 59.3. The molecule has 0 radical (unpaired) electrons. The SMILES string of the molecule is C1CCC(N=NC2CCC(CC3CCC(N=NC4CCCCC4)CC3)CC2)CC1.NC1CCC(CC2CCC(N)CC2)CC1.O=S(=O)(Cl)NC1CCCCC1.O=S(=O)(NC1CCCCC1)NC1CCC(CC2CCC(NS(=O)(=O)NC3CCCCC3)CC2)CC1. The van der Waals surface area contributed by atoms with E-state index in [2.05, 4.69) is 23.6 Å². The van der Waals surface area contributed by atoms with Crippen molar-refractivity contribution in [2.75, 3.05) is 0 Å². The van der Waals surface area contributed by atoms with E-state index in [-0.39, 0.29) is 30.2 Å². The Morgan fingerprint density at radius 2 is 0.456 bits per heavy atom. The quantitative estimate of drug-likeness (QED) is 0.0454. The molecule has 11 rings (SSSR count). The van der Waals surface area contributed by atoms with Crippen LogP contribution in [-0.4, -0.2) is 91.7 Å². The lowest BCUT2D eigenvalue weighted by Gasteiger charge is -2.34. The second-order valence-electron chi connectivity index (χ2n) is 31.1. The van der Waals surface area contributed by atoms with Crippen LogP contribution in [0.4, 0.5) is 0 Å². The molecule has 522 valence electrons. The van der Waals surface area contributed by atoms with Gasteiger partial charge in [0.05, 0.1) is 24.2 Å². The summed E-state index contributed by atoms with van der Waals surface area (Å²) in [6.07, 6.45) is 62.6. The molecular weight excluding hydrogens is 1210 g/mol. The maximum Gasteiger partial charge on any atom is 0.297 e. The molecule has 0 heterocycles. The fourth-order valence-electron chi connectivity index (χ4n) is 17.9. The molecule has 11 aliphatic rings. The zero-order chi connectivity index (χ0) is 63.4. The van der Waals surface area contributed by atoms with Crippen LogP contribution in [0.1, 0.15) is 334 Å². The van der Waals surface area contributed by atoms with E-state index in [1.54, 1.807) is 0 Å². The normalized spacial score (nSPS) is 34.1. The number of halogens is 1. The zero-order valence-electron chi connectivity index (χ0n) is 56.1. The molecule has 0 amide bonds. The molecule has 11 fully saturated rings. The number of azo groups is 2. The van der Waals surface area contributed by atoms with E-state index in [4.69, 9.17) is 42.6 Å². The lowest BCUT2D eigenvalue weighted by atomic mass is 9.76. The Morgan fingerprint density at radius 1 is 0.256 bits per heavy atom. The fourth-order valence-corrected chi connectivity index (χ4v) is 21.7. The van der Waals surface area contributed by atoms with Gasteiger partial charge in [0.1, 0.15) is 0 Å². The van der Waals surface area contributed by atoms with E-state index in [1.165, 1.54) is 205 Å². The molecule has 0 saturated heterocycles. The van der Waals surface area contributed by atoms with Gasteiger partial charge in [-0.2, -0.15) is 69.3 Å². The highest BCUT2D eigenvalue weighted by atomic mass is 35.7. The standard InChI is InChI=1S/C25H48N4O4S2.C25H44N4.C13H26N2.C6H12ClNO2S/c30-34(31,26-22-7-3-1-4-8-22)28-24-15-11-20(12-16-24)19-21-13-17-25(18-14-21)29-35(32,33)27-23-9-5-2-6-10-23;1-3-7-22(8-4-1)26-28-24-15-11-20(12-16-24)19-21-13-17-25(18-14-21)29-27-23-9-5-2-6-10-23;14-12-5-1-10(2-6-12)9-11-3-7-13(15)8-4-11;7-11(9,10)8-6-4-2-1-3-5-6/h20-29H,1-19H2;20-25H,1-19H2;10-13H,1-9,14-15H2;6,8H,1-5H2. The van der Waals surface area contributed by atoms with Gasteiger partial charge < -0.3 is 11.5 Å². The van der Waals surface area contributed by atoms with Crippen LogP contribution < -0.4 is 35.1 Å². The topological polar surface area (TPSA) is 264 Å². The summed E-state index contributed by atoms with van der Waals surface area (Å²) in [4.78, 5) is 0. The van der Waals surface area contributed by atoms with Crippen LogP contribution >= 0.6 is 10.7 Å². The van der Waals surface area contributed by atoms with Gasteiger partial charge in [0, 0.05) is 53.0 Å². The lowest BCUT2D eigenvalue weighted by Crippen LogP contribution is -2.48. The van der Waals surface area contributed by atoms with Crippen molar-refractivity contribution < 1.29 is 25.3 Å². The summed E-state index contributed by atoms with van der Waals surface area (Å²) >= 11 is 0. The maximum atomic E-state index is 12.5. The van der Waals surface area contributed by atoms with Crippen LogP contribution in [0.2, 0.25) is 0 Å². The predicted octanol–water partition coefficient (Wildman–Crippen LogP) is 15.9. The van der Waals surface area contributed by atoms with Crippen LogP contribution in [0.25, 0.3) is 0 Å². The molecule has 0 spiro atoms. The predicted molar refractivity (Wildman–Crippen MR) is 369 cm³/mol. The van der Waals surface area contributed by atoms with Gasteiger partial charge in [0.15, 0.2) is 0 Å². The highest BCUT2D eigenvalue weighted by molar-refractivity contribution is 8.12. The maximum absolute atomic E-state index is 12.5. The van der Waals surface area contributed by atoms with Crippen molar-refractivity contribution in [2.45, 2.75) is 400 Å². The average molecular weight is 1340 g/mol. The van der Waals surface area contributed by atoms with Gasteiger partial charge in [-0.3, -0.25) is 0 Å². The Hall–Kier alpha value is -0.940. The molecule has 0 unspecified atom stereocenters. The first-order valence-corrected chi connectivity index (χ1v) is 43.3. The number of nitrogens with zero attached hydrogens (tertiary/aromatic N) is 4. The molecule has 0 bridgehead atoms. The molecule has 0 aliphatic heterocycles. The summed E-state index contributed by atoms with van der Waals surface area (Å²) in [6.45, 7) is 0. The minimum atomic E-state index is -3.50. The monoisotopic (exact) mass is 1340 g/mol. The fraction of sp³-hybridized carbons (Fsp3) is 1.00. The molecule has 0 aromatic rings. The van der Waals surface area contributed by atoms with Crippen molar-refractivity contribution in [3.63, 3.8) is 0 Å². The first kappa shape index (κ1) is 74.8. The summed E-state index contributed by atoms with van der Waals surface area (Å²) in [5.41, 5.74) is 11.9. The molecule has 9 N–H and O–H groups in total. The molecule has 21 heteroatoms. The van der Waals surface area contributed by atoms with E-state index in [0.717, 1.165) is 152 Å². The van der Waals surface area contributed by atoms with Crippen LogP contribution in [0, 0.1) is 35.5 Å². The third-order valence-electron chi connectivity index (χ3n) is 23.5. The van der Waals surface area contributed by atoms with Gasteiger partial charge >= 0.3 is 0 Å². The molecule has 17 nitrogen and oxygen atoms in total. The highest BCUT2D eigenvalue weighted by Crippen LogP contribution is 2.40. The van der Waals surface area contributed by atoms with Gasteiger partial charge in [0.2, 0.25) is 0 Å². The largest absolute Gasteiger partial charge is 0.328 e. The Morgan fingerprint density at radius 3 is 0.711 bits per heavy atom. The number of nitrogens with one attached hydrogen (secondary N) is 5. The van der Waals surface area contributed by atoms with E-state index in [0.29, 0.717) is 48.1 Å². The number of hydrogen-bond donors (Lipinski definition) is 7. The summed E-state index contributed by atoms with van der Waals surface area (Å²) in [5, 5.41) is 18.9. The molecular formula is C69H130ClN11O6S3. The van der Waals surface area contributed by atoms with Crippen LogP contribution in [0.5, 0.6) is 0 Å². The Balaban J connectivity index is 0.000000169.